The minimum atomic E-state index is -0.152. The fourth-order valence-corrected chi connectivity index (χ4v) is 3.28. The van der Waals surface area contributed by atoms with Crippen molar-refractivity contribution in [2.24, 2.45) is 5.92 Å². The Morgan fingerprint density at radius 1 is 1.15 bits per heavy atom. The van der Waals surface area contributed by atoms with Crippen LogP contribution in [0, 0.1) is 5.92 Å². The van der Waals surface area contributed by atoms with Crippen LogP contribution in [0.15, 0.2) is 30.3 Å². The Morgan fingerprint density at radius 2 is 1.90 bits per heavy atom. The van der Waals surface area contributed by atoms with E-state index >= 15 is 0 Å². The zero-order chi connectivity index (χ0) is 13.8. The molecule has 3 nitrogen and oxygen atoms in total. The normalized spacial score (nSPS) is 24.0. The molecule has 0 unspecified atom stereocenters. The fraction of sp³-hybridized carbons (Fsp3) is 0.588. The first kappa shape index (κ1) is 13.6. The van der Waals surface area contributed by atoms with Gasteiger partial charge in [0.2, 0.25) is 0 Å². The monoisotopic (exact) mass is 273 g/mol. The van der Waals surface area contributed by atoms with Crippen LogP contribution in [-0.2, 0) is 16.0 Å². The van der Waals surface area contributed by atoms with Gasteiger partial charge in [-0.25, -0.2) is 0 Å². The molecule has 20 heavy (non-hydrogen) atoms. The van der Waals surface area contributed by atoms with Crippen LogP contribution >= 0.6 is 0 Å². The standard InChI is InChI=1S/C17H23NO2/c19-17(16-7-4-12-20-16)18-10-8-15(9-11-18)13-14-5-2-1-3-6-14/h1-3,5-6,15-16H,4,7-13H2/t16-/m1/s1. The van der Waals surface area contributed by atoms with Crippen LogP contribution in [0.3, 0.4) is 0 Å². The topological polar surface area (TPSA) is 29.5 Å². The smallest absolute Gasteiger partial charge is 0.251 e. The van der Waals surface area contributed by atoms with Crippen molar-refractivity contribution >= 4 is 5.91 Å². The lowest BCUT2D eigenvalue weighted by Gasteiger charge is -2.33. The summed E-state index contributed by atoms with van der Waals surface area (Å²) >= 11 is 0. The predicted octanol–water partition coefficient (Wildman–Crippen LogP) is 2.65. The first-order chi connectivity index (χ1) is 9.83. The van der Waals surface area contributed by atoms with Crippen molar-refractivity contribution in [1.82, 2.24) is 4.90 Å². The van der Waals surface area contributed by atoms with Crippen LogP contribution in [0.1, 0.15) is 31.2 Å². The molecule has 108 valence electrons. The minimum absolute atomic E-state index is 0.152. The van der Waals surface area contributed by atoms with Gasteiger partial charge in [0.15, 0.2) is 0 Å². The first-order valence-electron chi connectivity index (χ1n) is 7.77. The van der Waals surface area contributed by atoms with Crippen molar-refractivity contribution in [3.63, 3.8) is 0 Å². The number of hydrogen-bond donors (Lipinski definition) is 0. The zero-order valence-corrected chi connectivity index (χ0v) is 12.0. The third-order valence-corrected chi connectivity index (χ3v) is 4.50. The summed E-state index contributed by atoms with van der Waals surface area (Å²) in [7, 11) is 0. The van der Waals surface area contributed by atoms with Gasteiger partial charge in [-0.1, -0.05) is 30.3 Å². The Kier molecular flexibility index (Phi) is 4.36. The molecule has 2 saturated heterocycles. The molecular formula is C17H23NO2. The van der Waals surface area contributed by atoms with Gasteiger partial charge in [-0.2, -0.15) is 0 Å². The van der Waals surface area contributed by atoms with Gasteiger partial charge in [0.25, 0.3) is 5.91 Å². The van der Waals surface area contributed by atoms with Gasteiger partial charge >= 0.3 is 0 Å². The lowest BCUT2D eigenvalue weighted by molar-refractivity contribution is -0.142. The quantitative estimate of drug-likeness (QED) is 0.847. The Hall–Kier alpha value is -1.35. The number of ether oxygens (including phenoxy) is 1. The van der Waals surface area contributed by atoms with E-state index in [0.717, 1.165) is 51.8 Å². The molecule has 0 aliphatic carbocycles. The van der Waals surface area contributed by atoms with Gasteiger partial charge in [0.1, 0.15) is 6.10 Å². The molecule has 3 rings (SSSR count). The summed E-state index contributed by atoms with van der Waals surface area (Å²) in [6.45, 7) is 2.55. The lowest BCUT2D eigenvalue weighted by atomic mass is 9.90. The number of hydrogen-bond acceptors (Lipinski definition) is 2. The molecule has 2 aliphatic rings. The molecule has 1 aromatic rings. The molecule has 0 saturated carbocycles. The van der Waals surface area contributed by atoms with E-state index in [1.807, 2.05) is 4.90 Å². The molecule has 1 aromatic carbocycles. The van der Waals surface area contributed by atoms with Crippen molar-refractivity contribution in [2.75, 3.05) is 19.7 Å². The molecule has 0 spiro atoms. The molecule has 2 heterocycles. The maximum Gasteiger partial charge on any atom is 0.251 e. The Morgan fingerprint density at radius 3 is 2.55 bits per heavy atom. The van der Waals surface area contributed by atoms with E-state index in [1.54, 1.807) is 0 Å². The van der Waals surface area contributed by atoms with Crippen molar-refractivity contribution in [2.45, 2.75) is 38.2 Å². The Balaban J connectivity index is 1.48. The fourth-order valence-electron chi connectivity index (χ4n) is 3.28. The number of nitrogens with zero attached hydrogens (tertiary/aromatic N) is 1. The van der Waals surface area contributed by atoms with Gasteiger partial charge in [-0.3, -0.25) is 4.79 Å². The molecule has 3 heteroatoms. The number of piperidine rings is 1. The van der Waals surface area contributed by atoms with Crippen LogP contribution < -0.4 is 0 Å². The van der Waals surface area contributed by atoms with E-state index in [2.05, 4.69) is 30.3 Å². The Labute approximate surface area is 120 Å². The zero-order valence-electron chi connectivity index (χ0n) is 12.0. The van der Waals surface area contributed by atoms with Gasteiger partial charge in [0, 0.05) is 19.7 Å². The summed E-state index contributed by atoms with van der Waals surface area (Å²) in [6, 6.07) is 10.7. The van der Waals surface area contributed by atoms with E-state index in [1.165, 1.54) is 5.56 Å². The molecular weight excluding hydrogens is 250 g/mol. The van der Waals surface area contributed by atoms with Gasteiger partial charge < -0.3 is 9.64 Å². The maximum absolute atomic E-state index is 12.3. The minimum Gasteiger partial charge on any atom is -0.368 e. The summed E-state index contributed by atoms with van der Waals surface area (Å²) in [4.78, 5) is 14.3. The second-order valence-corrected chi connectivity index (χ2v) is 5.96. The van der Waals surface area contributed by atoms with Crippen molar-refractivity contribution in [3.8, 4) is 0 Å². The number of carbonyl (C=O) groups is 1. The average molecular weight is 273 g/mol. The first-order valence-corrected chi connectivity index (χ1v) is 7.77. The van der Waals surface area contributed by atoms with Gasteiger partial charge in [-0.05, 0) is 43.6 Å². The van der Waals surface area contributed by atoms with E-state index in [0.29, 0.717) is 5.92 Å². The van der Waals surface area contributed by atoms with Crippen molar-refractivity contribution in [3.05, 3.63) is 35.9 Å². The number of carbonyl (C=O) groups excluding carboxylic acids is 1. The molecule has 1 amide bonds. The van der Waals surface area contributed by atoms with Crippen LogP contribution in [0.4, 0.5) is 0 Å². The Bertz CT molecular complexity index is 432. The second-order valence-electron chi connectivity index (χ2n) is 5.96. The highest BCUT2D eigenvalue weighted by atomic mass is 16.5. The van der Waals surface area contributed by atoms with E-state index < -0.39 is 0 Å². The highest BCUT2D eigenvalue weighted by Crippen LogP contribution is 2.23. The summed E-state index contributed by atoms with van der Waals surface area (Å²) in [5, 5.41) is 0. The van der Waals surface area contributed by atoms with Gasteiger partial charge in [0.05, 0.1) is 0 Å². The number of likely N-dealkylation sites (tertiary alicyclic amines) is 1. The molecule has 1 atom stereocenters. The predicted molar refractivity (Wildman–Crippen MR) is 78.4 cm³/mol. The summed E-state index contributed by atoms with van der Waals surface area (Å²) in [5.41, 5.74) is 1.41. The molecule has 0 N–H and O–H groups in total. The van der Waals surface area contributed by atoms with Crippen LogP contribution in [0.25, 0.3) is 0 Å². The highest BCUT2D eigenvalue weighted by Gasteiger charge is 2.30. The summed E-state index contributed by atoms with van der Waals surface area (Å²) in [6.07, 6.45) is 5.16. The van der Waals surface area contributed by atoms with E-state index in [-0.39, 0.29) is 12.0 Å². The number of amides is 1. The maximum atomic E-state index is 12.3. The third kappa shape index (κ3) is 3.21. The second kappa shape index (κ2) is 6.40. The highest BCUT2D eigenvalue weighted by molar-refractivity contribution is 5.81. The van der Waals surface area contributed by atoms with Gasteiger partial charge in [-0.15, -0.1) is 0 Å². The third-order valence-electron chi connectivity index (χ3n) is 4.50. The lowest BCUT2D eigenvalue weighted by Crippen LogP contribution is -2.44. The molecule has 2 aliphatic heterocycles. The van der Waals surface area contributed by atoms with Crippen molar-refractivity contribution < 1.29 is 9.53 Å². The number of benzene rings is 1. The summed E-state index contributed by atoms with van der Waals surface area (Å²) in [5.74, 6) is 0.937. The van der Waals surface area contributed by atoms with E-state index in [4.69, 9.17) is 4.74 Å². The molecule has 0 bridgehead atoms. The molecule has 0 aromatic heterocycles. The molecule has 2 fully saturated rings. The van der Waals surface area contributed by atoms with Crippen LogP contribution in [0.5, 0.6) is 0 Å². The summed E-state index contributed by atoms with van der Waals surface area (Å²) < 4.78 is 5.50. The SMILES string of the molecule is O=C([C@H]1CCCO1)N1CCC(Cc2ccccc2)CC1. The van der Waals surface area contributed by atoms with Crippen LogP contribution in [-0.4, -0.2) is 36.6 Å². The average Bonchev–Trinajstić information content (AvgIpc) is 3.03. The van der Waals surface area contributed by atoms with Crippen molar-refractivity contribution in [1.29, 1.82) is 0 Å². The molecule has 0 radical (unpaired) electrons. The van der Waals surface area contributed by atoms with E-state index in [9.17, 15) is 4.79 Å². The largest absolute Gasteiger partial charge is 0.368 e. The number of rotatable bonds is 3. The van der Waals surface area contributed by atoms with Crippen LogP contribution in [0.2, 0.25) is 0 Å².